The summed E-state index contributed by atoms with van der Waals surface area (Å²) < 4.78 is 5.97. The Morgan fingerprint density at radius 3 is 2.63 bits per heavy atom. The average molecular weight is 263 g/mol. The quantitative estimate of drug-likeness (QED) is 0.891. The SMILES string of the molecule is Cc1ccc2c(c1)OC(C)(C)CN2C(C)(C)C(=O)O. The number of anilines is 1. The van der Waals surface area contributed by atoms with Gasteiger partial charge in [-0.2, -0.15) is 0 Å². The molecule has 2 rings (SSSR count). The summed E-state index contributed by atoms with van der Waals surface area (Å²) in [4.78, 5) is 13.4. The number of ether oxygens (including phenoxy) is 1. The van der Waals surface area contributed by atoms with Crippen molar-refractivity contribution in [2.24, 2.45) is 0 Å². The second-order valence-corrected chi connectivity index (χ2v) is 6.28. The van der Waals surface area contributed by atoms with Gasteiger partial charge in [-0.1, -0.05) is 6.07 Å². The van der Waals surface area contributed by atoms with E-state index in [9.17, 15) is 9.90 Å². The van der Waals surface area contributed by atoms with Gasteiger partial charge in [-0.15, -0.1) is 0 Å². The van der Waals surface area contributed by atoms with Crippen molar-refractivity contribution in [2.45, 2.75) is 45.8 Å². The average Bonchev–Trinajstić information content (AvgIpc) is 2.25. The fourth-order valence-electron chi connectivity index (χ4n) is 2.34. The Balaban J connectivity index is 2.55. The van der Waals surface area contributed by atoms with E-state index in [0.29, 0.717) is 6.54 Å². The normalized spacial score (nSPS) is 17.6. The Kier molecular flexibility index (Phi) is 3.00. The van der Waals surface area contributed by atoms with Crippen LogP contribution in [0.4, 0.5) is 5.69 Å². The molecule has 1 aromatic carbocycles. The molecule has 0 saturated carbocycles. The highest BCUT2D eigenvalue weighted by Crippen LogP contribution is 2.41. The van der Waals surface area contributed by atoms with Gasteiger partial charge in [0.1, 0.15) is 16.9 Å². The van der Waals surface area contributed by atoms with Crippen molar-refractivity contribution in [2.75, 3.05) is 11.4 Å². The van der Waals surface area contributed by atoms with Gasteiger partial charge in [0.2, 0.25) is 0 Å². The second kappa shape index (κ2) is 4.15. The van der Waals surface area contributed by atoms with Crippen LogP contribution < -0.4 is 9.64 Å². The predicted molar refractivity (Wildman–Crippen MR) is 74.9 cm³/mol. The molecule has 0 unspecified atom stereocenters. The van der Waals surface area contributed by atoms with Gasteiger partial charge < -0.3 is 14.7 Å². The van der Waals surface area contributed by atoms with E-state index in [4.69, 9.17) is 4.74 Å². The molecule has 1 aliphatic rings. The molecule has 19 heavy (non-hydrogen) atoms. The van der Waals surface area contributed by atoms with E-state index >= 15 is 0 Å². The number of aliphatic carboxylic acids is 1. The van der Waals surface area contributed by atoms with Crippen LogP contribution in [-0.4, -0.2) is 28.8 Å². The molecule has 1 aliphatic heterocycles. The lowest BCUT2D eigenvalue weighted by Crippen LogP contribution is -2.58. The summed E-state index contributed by atoms with van der Waals surface area (Å²) in [6.45, 7) is 9.94. The van der Waals surface area contributed by atoms with Crippen LogP contribution in [0.2, 0.25) is 0 Å². The minimum atomic E-state index is -0.967. The standard InChI is InChI=1S/C15H21NO3/c1-10-6-7-11-12(8-10)19-14(2,3)9-16(11)15(4,5)13(17)18/h6-8H,9H2,1-5H3,(H,17,18). The summed E-state index contributed by atoms with van der Waals surface area (Å²) in [5.74, 6) is -0.0812. The van der Waals surface area contributed by atoms with E-state index in [1.807, 2.05) is 43.9 Å². The molecule has 1 heterocycles. The number of carbonyl (C=O) groups is 1. The minimum absolute atomic E-state index is 0.409. The summed E-state index contributed by atoms with van der Waals surface area (Å²) in [5, 5.41) is 9.46. The van der Waals surface area contributed by atoms with Crippen LogP contribution in [0.25, 0.3) is 0 Å². The van der Waals surface area contributed by atoms with Crippen LogP contribution in [-0.2, 0) is 4.79 Å². The smallest absolute Gasteiger partial charge is 0.328 e. The van der Waals surface area contributed by atoms with Gasteiger partial charge in [-0.25, -0.2) is 4.79 Å². The highest BCUT2D eigenvalue weighted by atomic mass is 16.5. The molecule has 0 radical (unpaired) electrons. The van der Waals surface area contributed by atoms with Gasteiger partial charge in [-0.05, 0) is 52.3 Å². The zero-order valence-electron chi connectivity index (χ0n) is 12.2. The van der Waals surface area contributed by atoms with Crippen molar-refractivity contribution in [3.8, 4) is 5.75 Å². The minimum Gasteiger partial charge on any atom is -0.484 e. The largest absolute Gasteiger partial charge is 0.484 e. The molecule has 0 bridgehead atoms. The summed E-state index contributed by atoms with van der Waals surface area (Å²) in [5.41, 5.74) is 0.570. The topological polar surface area (TPSA) is 49.8 Å². The van der Waals surface area contributed by atoms with Crippen molar-refractivity contribution in [3.05, 3.63) is 23.8 Å². The maximum Gasteiger partial charge on any atom is 0.328 e. The molecule has 1 N–H and O–H groups in total. The van der Waals surface area contributed by atoms with Crippen LogP contribution in [0.15, 0.2) is 18.2 Å². The summed E-state index contributed by atoms with van der Waals surface area (Å²) in [7, 11) is 0. The number of fused-ring (bicyclic) bond motifs is 1. The number of carboxylic acids is 1. The molecular weight excluding hydrogens is 242 g/mol. The number of aryl methyl sites for hydroxylation is 1. The van der Waals surface area contributed by atoms with Gasteiger partial charge in [0.05, 0.1) is 12.2 Å². The number of benzene rings is 1. The molecule has 0 spiro atoms. The lowest BCUT2D eigenvalue weighted by Gasteiger charge is -2.46. The van der Waals surface area contributed by atoms with Gasteiger partial charge >= 0.3 is 5.97 Å². The van der Waals surface area contributed by atoms with E-state index in [-0.39, 0.29) is 0 Å². The molecule has 4 nitrogen and oxygen atoms in total. The highest BCUT2D eigenvalue weighted by molar-refractivity contribution is 5.84. The van der Waals surface area contributed by atoms with Gasteiger partial charge in [0, 0.05) is 0 Å². The number of nitrogens with zero attached hydrogens (tertiary/aromatic N) is 1. The molecule has 0 atom stereocenters. The molecule has 1 aromatic rings. The first kappa shape index (κ1) is 13.7. The fourth-order valence-corrected chi connectivity index (χ4v) is 2.34. The van der Waals surface area contributed by atoms with E-state index < -0.39 is 17.1 Å². The van der Waals surface area contributed by atoms with Crippen molar-refractivity contribution in [1.29, 1.82) is 0 Å². The predicted octanol–water partition coefficient (Wildman–Crippen LogP) is 2.84. The monoisotopic (exact) mass is 263 g/mol. The molecule has 0 saturated heterocycles. The van der Waals surface area contributed by atoms with Crippen LogP contribution >= 0.6 is 0 Å². The molecule has 0 amide bonds. The van der Waals surface area contributed by atoms with E-state index in [1.165, 1.54) is 0 Å². The lowest BCUT2D eigenvalue weighted by atomic mass is 9.95. The first-order chi connectivity index (χ1) is 8.63. The highest BCUT2D eigenvalue weighted by Gasteiger charge is 2.42. The Morgan fingerprint density at radius 2 is 2.05 bits per heavy atom. The Labute approximate surface area is 114 Å². The van der Waals surface area contributed by atoms with Gasteiger partial charge in [0.15, 0.2) is 0 Å². The molecule has 0 aliphatic carbocycles. The zero-order valence-corrected chi connectivity index (χ0v) is 12.2. The first-order valence-electron chi connectivity index (χ1n) is 6.44. The number of rotatable bonds is 2. The first-order valence-corrected chi connectivity index (χ1v) is 6.44. The van der Waals surface area contributed by atoms with E-state index in [2.05, 4.69) is 0 Å². The Hall–Kier alpha value is -1.71. The van der Waals surface area contributed by atoms with Crippen LogP contribution in [0.3, 0.4) is 0 Å². The zero-order chi connectivity index (χ0) is 14.4. The van der Waals surface area contributed by atoms with Crippen molar-refractivity contribution < 1.29 is 14.6 Å². The van der Waals surface area contributed by atoms with Crippen LogP contribution in [0, 0.1) is 6.92 Å². The summed E-state index contributed by atoms with van der Waals surface area (Å²) >= 11 is 0. The fraction of sp³-hybridized carbons (Fsp3) is 0.533. The maximum absolute atomic E-state index is 11.5. The van der Waals surface area contributed by atoms with Gasteiger partial charge in [-0.3, -0.25) is 0 Å². The van der Waals surface area contributed by atoms with Crippen LogP contribution in [0.1, 0.15) is 33.3 Å². The van der Waals surface area contributed by atoms with Gasteiger partial charge in [0.25, 0.3) is 0 Å². The number of hydrogen-bond donors (Lipinski definition) is 1. The second-order valence-electron chi connectivity index (χ2n) is 6.28. The molecule has 0 aromatic heterocycles. The summed E-state index contributed by atoms with van der Waals surface area (Å²) in [6, 6.07) is 5.87. The third-order valence-corrected chi connectivity index (χ3v) is 3.53. The van der Waals surface area contributed by atoms with Crippen molar-refractivity contribution in [3.63, 3.8) is 0 Å². The Bertz CT molecular complexity index is 520. The molecule has 0 fully saturated rings. The molecular formula is C15H21NO3. The maximum atomic E-state index is 11.5. The van der Waals surface area contributed by atoms with E-state index in [0.717, 1.165) is 17.0 Å². The third-order valence-electron chi connectivity index (χ3n) is 3.53. The number of hydrogen-bond acceptors (Lipinski definition) is 3. The molecule has 104 valence electrons. The van der Waals surface area contributed by atoms with Crippen molar-refractivity contribution >= 4 is 11.7 Å². The van der Waals surface area contributed by atoms with Crippen molar-refractivity contribution in [1.82, 2.24) is 0 Å². The van der Waals surface area contributed by atoms with Crippen LogP contribution in [0.5, 0.6) is 5.75 Å². The Morgan fingerprint density at radius 1 is 1.42 bits per heavy atom. The number of carboxylic acid groups (broad SMARTS) is 1. The third kappa shape index (κ3) is 2.39. The lowest BCUT2D eigenvalue weighted by molar-refractivity contribution is -0.142. The molecule has 4 heteroatoms. The van der Waals surface area contributed by atoms with E-state index in [1.54, 1.807) is 13.8 Å². The summed E-state index contributed by atoms with van der Waals surface area (Å²) in [6.07, 6.45) is 0.